The first kappa shape index (κ1) is 10.2. The molecule has 1 rings (SSSR count). The summed E-state index contributed by atoms with van der Waals surface area (Å²) in [5, 5.41) is 0. The molecular formula is C7H7F3N2S. The van der Waals surface area contributed by atoms with Gasteiger partial charge in [-0.2, -0.15) is 13.2 Å². The molecule has 0 aliphatic carbocycles. The van der Waals surface area contributed by atoms with Crippen LogP contribution < -0.4 is 11.3 Å². The van der Waals surface area contributed by atoms with Gasteiger partial charge in [0.05, 0.1) is 11.3 Å². The smallest absolute Gasteiger partial charge is 0.323 e. The fourth-order valence-corrected chi connectivity index (χ4v) is 1.03. The van der Waals surface area contributed by atoms with Crippen molar-refractivity contribution in [2.75, 3.05) is 5.43 Å². The topological polar surface area (TPSA) is 38.0 Å². The zero-order valence-electron chi connectivity index (χ0n) is 6.39. The van der Waals surface area contributed by atoms with Gasteiger partial charge < -0.3 is 5.43 Å². The summed E-state index contributed by atoms with van der Waals surface area (Å²) in [4.78, 5) is 0.371. The Hall–Kier alpha value is -0.880. The van der Waals surface area contributed by atoms with Gasteiger partial charge in [-0.1, -0.05) is 0 Å². The predicted molar refractivity (Wildman–Crippen MR) is 46.5 cm³/mol. The van der Waals surface area contributed by atoms with E-state index < -0.39 is 11.7 Å². The monoisotopic (exact) mass is 208 g/mol. The molecule has 0 heterocycles. The zero-order valence-corrected chi connectivity index (χ0v) is 7.28. The number of rotatable bonds is 1. The molecule has 0 bridgehead atoms. The molecule has 13 heavy (non-hydrogen) atoms. The first-order chi connectivity index (χ1) is 5.95. The van der Waals surface area contributed by atoms with Crippen LogP contribution in [0.15, 0.2) is 23.1 Å². The summed E-state index contributed by atoms with van der Waals surface area (Å²) in [5.41, 5.74) is 1.53. The van der Waals surface area contributed by atoms with E-state index in [0.717, 1.165) is 12.1 Å². The van der Waals surface area contributed by atoms with Crippen molar-refractivity contribution in [2.24, 2.45) is 5.84 Å². The summed E-state index contributed by atoms with van der Waals surface area (Å²) in [6.45, 7) is 0. The van der Waals surface area contributed by atoms with E-state index in [4.69, 9.17) is 5.84 Å². The Kier molecular flexibility index (Phi) is 2.72. The number of alkyl halides is 3. The second-order valence-electron chi connectivity index (χ2n) is 2.37. The number of hydrazine groups is 1. The lowest BCUT2D eigenvalue weighted by Crippen LogP contribution is -2.10. The molecule has 0 fully saturated rings. The molecule has 72 valence electrons. The van der Waals surface area contributed by atoms with E-state index in [1.54, 1.807) is 0 Å². The van der Waals surface area contributed by atoms with Crippen LogP contribution in [0.4, 0.5) is 18.9 Å². The summed E-state index contributed by atoms with van der Waals surface area (Å²) in [5.74, 6) is 5.00. The van der Waals surface area contributed by atoms with Crippen LogP contribution in [0.25, 0.3) is 0 Å². The van der Waals surface area contributed by atoms with Crippen LogP contribution in [0.2, 0.25) is 0 Å². The summed E-state index contributed by atoms with van der Waals surface area (Å²) in [6.07, 6.45) is -4.35. The van der Waals surface area contributed by atoms with Gasteiger partial charge in [0.25, 0.3) is 0 Å². The molecule has 0 saturated carbocycles. The normalized spacial score (nSPS) is 11.5. The van der Waals surface area contributed by atoms with E-state index in [1.807, 2.05) is 0 Å². The van der Waals surface area contributed by atoms with Gasteiger partial charge in [-0.3, -0.25) is 5.84 Å². The van der Waals surface area contributed by atoms with Crippen molar-refractivity contribution in [3.63, 3.8) is 0 Å². The average molecular weight is 208 g/mol. The summed E-state index contributed by atoms with van der Waals surface area (Å²) in [6, 6.07) is 3.09. The van der Waals surface area contributed by atoms with Gasteiger partial charge in [-0.15, -0.1) is 12.6 Å². The van der Waals surface area contributed by atoms with E-state index >= 15 is 0 Å². The third kappa shape index (κ3) is 2.28. The number of nitrogen functional groups attached to an aromatic ring is 1. The fourth-order valence-electron chi connectivity index (χ4n) is 0.828. The molecule has 1 aromatic rings. The fraction of sp³-hybridized carbons (Fsp3) is 0.143. The van der Waals surface area contributed by atoms with E-state index in [2.05, 4.69) is 18.1 Å². The molecule has 2 nitrogen and oxygen atoms in total. The Morgan fingerprint density at radius 2 is 1.92 bits per heavy atom. The highest BCUT2D eigenvalue weighted by Gasteiger charge is 2.30. The molecule has 0 atom stereocenters. The van der Waals surface area contributed by atoms with E-state index in [-0.39, 0.29) is 5.69 Å². The van der Waals surface area contributed by atoms with Crippen molar-refractivity contribution in [3.05, 3.63) is 23.8 Å². The minimum absolute atomic E-state index is 0.151. The van der Waals surface area contributed by atoms with Gasteiger partial charge in [0, 0.05) is 4.90 Å². The maximum absolute atomic E-state index is 12.1. The highest BCUT2D eigenvalue weighted by molar-refractivity contribution is 7.80. The lowest BCUT2D eigenvalue weighted by molar-refractivity contribution is -0.137. The quantitative estimate of drug-likeness (QED) is 0.376. The number of anilines is 1. The summed E-state index contributed by atoms with van der Waals surface area (Å²) in [7, 11) is 0. The lowest BCUT2D eigenvalue weighted by atomic mass is 10.2. The van der Waals surface area contributed by atoms with Crippen molar-refractivity contribution in [1.82, 2.24) is 0 Å². The number of hydrogen-bond donors (Lipinski definition) is 3. The Morgan fingerprint density at radius 3 is 2.38 bits per heavy atom. The van der Waals surface area contributed by atoms with Crippen LogP contribution in [0.3, 0.4) is 0 Å². The Balaban J connectivity index is 3.14. The van der Waals surface area contributed by atoms with Crippen LogP contribution in [0.1, 0.15) is 5.56 Å². The second kappa shape index (κ2) is 3.47. The molecule has 0 saturated heterocycles. The van der Waals surface area contributed by atoms with Crippen LogP contribution in [-0.4, -0.2) is 0 Å². The number of nitrogens with one attached hydrogen (secondary N) is 1. The van der Waals surface area contributed by atoms with Gasteiger partial charge in [-0.05, 0) is 18.2 Å². The van der Waals surface area contributed by atoms with Gasteiger partial charge >= 0.3 is 6.18 Å². The van der Waals surface area contributed by atoms with Gasteiger partial charge in [0.2, 0.25) is 0 Å². The first-order valence-corrected chi connectivity index (χ1v) is 3.76. The van der Waals surface area contributed by atoms with Crippen molar-refractivity contribution in [3.8, 4) is 0 Å². The molecule has 1 aromatic carbocycles. The molecule has 0 amide bonds. The van der Waals surface area contributed by atoms with E-state index in [0.29, 0.717) is 4.90 Å². The van der Waals surface area contributed by atoms with Crippen molar-refractivity contribution in [1.29, 1.82) is 0 Å². The number of thiol groups is 1. The minimum Gasteiger partial charge on any atom is -0.323 e. The third-order valence-electron chi connectivity index (χ3n) is 1.48. The van der Waals surface area contributed by atoms with Crippen molar-refractivity contribution in [2.45, 2.75) is 11.1 Å². The number of nitrogens with two attached hydrogens (primary N) is 1. The highest BCUT2D eigenvalue weighted by Crippen LogP contribution is 2.32. The Morgan fingerprint density at radius 1 is 1.31 bits per heavy atom. The molecule has 0 spiro atoms. The molecule has 3 N–H and O–H groups in total. The van der Waals surface area contributed by atoms with Crippen LogP contribution in [0.5, 0.6) is 0 Å². The van der Waals surface area contributed by atoms with Crippen LogP contribution >= 0.6 is 12.6 Å². The molecule has 0 aliphatic rings. The number of benzene rings is 1. The molecular weight excluding hydrogens is 201 g/mol. The first-order valence-electron chi connectivity index (χ1n) is 3.32. The van der Waals surface area contributed by atoms with Crippen molar-refractivity contribution >= 4 is 18.3 Å². The predicted octanol–water partition coefficient (Wildman–Crippen LogP) is 2.28. The second-order valence-corrected chi connectivity index (χ2v) is 2.86. The Bertz CT molecular complexity index is 311. The van der Waals surface area contributed by atoms with E-state index in [1.165, 1.54) is 6.07 Å². The average Bonchev–Trinajstić information content (AvgIpc) is 2.03. The molecule has 0 radical (unpaired) electrons. The summed E-state index contributed by atoms with van der Waals surface area (Å²) < 4.78 is 36.4. The minimum atomic E-state index is -4.35. The number of hydrogen-bond acceptors (Lipinski definition) is 3. The maximum Gasteiger partial charge on any atom is 0.416 e. The van der Waals surface area contributed by atoms with Gasteiger partial charge in [0.15, 0.2) is 0 Å². The highest BCUT2D eigenvalue weighted by atomic mass is 32.1. The SMILES string of the molecule is NNc1cc(C(F)(F)F)ccc1S. The maximum atomic E-state index is 12.1. The van der Waals surface area contributed by atoms with Crippen molar-refractivity contribution < 1.29 is 13.2 Å². The van der Waals surface area contributed by atoms with Gasteiger partial charge in [0.1, 0.15) is 0 Å². The van der Waals surface area contributed by atoms with Crippen LogP contribution in [-0.2, 0) is 6.18 Å². The third-order valence-corrected chi connectivity index (χ3v) is 1.87. The molecule has 0 unspecified atom stereocenters. The molecule has 0 aliphatic heterocycles. The Labute approximate surface area is 78.3 Å². The molecule has 0 aromatic heterocycles. The largest absolute Gasteiger partial charge is 0.416 e. The van der Waals surface area contributed by atoms with E-state index in [9.17, 15) is 13.2 Å². The summed E-state index contributed by atoms with van der Waals surface area (Å²) >= 11 is 3.91. The zero-order chi connectivity index (χ0) is 10.1. The lowest BCUT2D eigenvalue weighted by Gasteiger charge is -2.09. The standard InChI is InChI=1S/C7H7F3N2S/c8-7(9,10)4-1-2-6(13)5(3-4)12-11/h1-3,12-13H,11H2. The molecule has 6 heteroatoms. The van der Waals surface area contributed by atoms with Gasteiger partial charge in [-0.25, -0.2) is 0 Å². The van der Waals surface area contributed by atoms with Crippen LogP contribution in [0, 0.1) is 0 Å². The number of halogens is 3.